The van der Waals surface area contributed by atoms with Crippen molar-refractivity contribution < 1.29 is 0 Å². The minimum absolute atomic E-state index is 0.580. The summed E-state index contributed by atoms with van der Waals surface area (Å²) in [4.78, 5) is 7.04. The van der Waals surface area contributed by atoms with Crippen LogP contribution in [0, 0.1) is 6.92 Å². The van der Waals surface area contributed by atoms with E-state index in [1.807, 2.05) is 12.4 Å². The van der Waals surface area contributed by atoms with E-state index in [0.29, 0.717) is 6.04 Å². The van der Waals surface area contributed by atoms with Gasteiger partial charge in [-0.1, -0.05) is 0 Å². The normalized spacial score (nSPS) is 19.8. The molecule has 0 spiro atoms. The minimum Gasteiger partial charge on any atom is -0.334 e. The predicted molar refractivity (Wildman–Crippen MR) is 78.3 cm³/mol. The largest absolute Gasteiger partial charge is 0.334 e. The maximum atomic E-state index is 4.49. The first-order valence-electron chi connectivity index (χ1n) is 7.49. The Kier molecular flexibility index (Phi) is 3.87. The molecule has 108 valence electrons. The number of hydrogen-bond donors (Lipinski definition) is 0. The molecule has 1 fully saturated rings. The molecule has 1 aliphatic rings. The average Bonchev–Trinajstić information content (AvgIpc) is 3.14. The Bertz CT molecular complexity index is 556. The molecule has 3 rings (SSSR count). The van der Waals surface area contributed by atoms with E-state index < -0.39 is 0 Å². The second kappa shape index (κ2) is 5.79. The zero-order chi connectivity index (χ0) is 13.9. The SMILES string of the molecule is CCn1ccnc1CN1CCC[C@H]1Cn1cc(C)cn1. The molecule has 2 aromatic heterocycles. The quantitative estimate of drug-likeness (QED) is 0.837. The van der Waals surface area contributed by atoms with Crippen LogP contribution < -0.4 is 0 Å². The van der Waals surface area contributed by atoms with Crippen molar-refractivity contribution in [3.63, 3.8) is 0 Å². The van der Waals surface area contributed by atoms with Crippen LogP contribution in [0.15, 0.2) is 24.8 Å². The van der Waals surface area contributed by atoms with Crippen molar-refractivity contribution >= 4 is 0 Å². The van der Waals surface area contributed by atoms with Crippen LogP contribution >= 0.6 is 0 Å². The van der Waals surface area contributed by atoms with Gasteiger partial charge < -0.3 is 4.57 Å². The summed E-state index contributed by atoms with van der Waals surface area (Å²) in [6.07, 6.45) is 10.6. The van der Waals surface area contributed by atoms with E-state index in [1.165, 1.54) is 30.8 Å². The molecule has 0 aliphatic carbocycles. The van der Waals surface area contributed by atoms with E-state index >= 15 is 0 Å². The van der Waals surface area contributed by atoms with Gasteiger partial charge in [0, 0.05) is 31.2 Å². The molecule has 5 heteroatoms. The van der Waals surface area contributed by atoms with Gasteiger partial charge in [-0.3, -0.25) is 9.58 Å². The minimum atomic E-state index is 0.580. The topological polar surface area (TPSA) is 38.9 Å². The van der Waals surface area contributed by atoms with Crippen molar-refractivity contribution in [3.05, 3.63) is 36.2 Å². The van der Waals surface area contributed by atoms with E-state index in [2.05, 4.69) is 50.5 Å². The molecule has 2 aromatic rings. The first kappa shape index (κ1) is 13.4. The van der Waals surface area contributed by atoms with Crippen molar-refractivity contribution in [1.82, 2.24) is 24.2 Å². The number of nitrogens with zero attached hydrogens (tertiary/aromatic N) is 5. The highest BCUT2D eigenvalue weighted by atomic mass is 15.3. The van der Waals surface area contributed by atoms with Crippen LogP contribution in [-0.2, 0) is 19.6 Å². The maximum absolute atomic E-state index is 4.49. The Morgan fingerprint density at radius 3 is 3.05 bits per heavy atom. The monoisotopic (exact) mass is 273 g/mol. The molecule has 3 heterocycles. The Hall–Kier alpha value is -1.62. The van der Waals surface area contributed by atoms with Crippen LogP contribution in [0.2, 0.25) is 0 Å². The highest BCUT2D eigenvalue weighted by Crippen LogP contribution is 2.21. The number of rotatable bonds is 5. The molecule has 0 saturated carbocycles. The standard InChI is InChI=1S/C15H23N5/c1-3-18-8-6-16-15(18)12-19-7-4-5-14(19)11-20-10-13(2)9-17-20/h6,8-10,14H,3-5,7,11-12H2,1-2H3/t14-/m0/s1. The van der Waals surface area contributed by atoms with E-state index in [9.17, 15) is 0 Å². The fraction of sp³-hybridized carbons (Fsp3) is 0.600. The first-order chi connectivity index (χ1) is 9.76. The molecule has 0 bridgehead atoms. The van der Waals surface area contributed by atoms with Gasteiger partial charge in [0.05, 0.1) is 19.3 Å². The molecule has 1 saturated heterocycles. The van der Waals surface area contributed by atoms with Gasteiger partial charge in [-0.2, -0.15) is 5.10 Å². The van der Waals surface area contributed by atoms with Gasteiger partial charge in [-0.15, -0.1) is 0 Å². The van der Waals surface area contributed by atoms with Crippen LogP contribution in [0.4, 0.5) is 0 Å². The Morgan fingerprint density at radius 2 is 2.30 bits per heavy atom. The van der Waals surface area contributed by atoms with E-state index in [4.69, 9.17) is 0 Å². The lowest BCUT2D eigenvalue weighted by atomic mass is 10.2. The van der Waals surface area contributed by atoms with Crippen molar-refractivity contribution in [2.24, 2.45) is 0 Å². The molecule has 0 N–H and O–H groups in total. The number of likely N-dealkylation sites (tertiary alicyclic amines) is 1. The predicted octanol–water partition coefficient (Wildman–Crippen LogP) is 2.07. The summed E-state index contributed by atoms with van der Waals surface area (Å²) in [5.74, 6) is 1.18. The average molecular weight is 273 g/mol. The van der Waals surface area contributed by atoms with Crippen molar-refractivity contribution in [2.45, 2.75) is 52.4 Å². The number of hydrogen-bond acceptors (Lipinski definition) is 3. The highest BCUT2D eigenvalue weighted by molar-refractivity contribution is 5.00. The molecule has 5 nitrogen and oxygen atoms in total. The van der Waals surface area contributed by atoms with Crippen molar-refractivity contribution in [3.8, 4) is 0 Å². The molecule has 0 unspecified atom stereocenters. The van der Waals surface area contributed by atoms with E-state index in [1.54, 1.807) is 0 Å². The van der Waals surface area contributed by atoms with E-state index in [0.717, 1.165) is 19.6 Å². The Balaban J connectivity index is 1.66. The van der Waals surface area contributed by atoms with Gasteiger partial charge in [0.2, 0.25) is 0 Å². The fourth-order valence-electron chi connectivity index (χ4n) is 3.05. The van der Waals surface area contributed by atoms with Crippen LogP contribution in [0.5, 0.6) is 0 Å². The lowest BCUT2D eigenvalue weighted by Gasteiger charge is -2.24. The molecule has 1 atom stereocenters. The number of aryl methyl sites for hydroxylation is 2. The summed E-state index contributed by atoms with van der Waals surface area (Å²) in [6.45, 7) is 8.35. The molecule has 0 aromatic carbocycles. The van der Waals surface area contributed by atoms with Crippen LogP contribution in [0.3, 0.4) is 0 Å². The Morgan fingerprint density at radius 1 is 1.40 bits per heavy atom. The summed E-state index contributed by atoms with van der Waals surface area (Å²) >= 11 is 0. The molecule has 20 heavy (non-hydrogen) atoms. The smallest absolute Gasteiger partial charge is 0.122 e. The summed E-state index contributed by atoms with van der Waals surface area (Å²) in [5.41, 5.74) is 1.23. The third kappa shape index (κ3) is 2.77. The summed E-state index contributed by atoms with van der Waals surface area (Å²) in [7, 11) is 0. The van der Waals surface area contributed by atoms with Crippen molar-refractivity contribution in [1.29, 1.82) is 0 Å². The van der Waals surface area contributed by atoms with Gasteiger partial charge in [0.1, 0.15) is 5.82 Å². The first-order valence-corrected chi connectivity index (χ1v) is 7.49. The molecular formula is C15H23N5. The molecule has 1 aliphatic heterocycles. The van der Waals surface area contributed by atoms with Gasteiger partial charge >= 0.3 is 0 Å². The van der Waals surface area contributed by atoms with Gasteiger partial charge in [-0.25, -0.2) is 4.98 Å². The summed E-state index contributed by atoms with van der Waals surface area (Å²) in [6, 6.07) is 0.580. The van der Waals surface area contributed by atoms with Gasteiger partial charge in [0.15, 0.2) is 0 Å². The second-order valence-electron chi connectivity index (χ2n) is 5.64. The van der Waals surface area contributed by atoms with E-state index in [-0.39, 0.29) is 0 Å². The summed E-state index contributed by atoms with van der Waals surface area (Å²) < 4.78 is 4.30. The molecule has 0 amide bonds. The van der Waals surface area contributed by atoms with Crippen molar-refractivity contribution in [2.75, 3.05) is 6.54 Å². The van der Waals surface area contributed by atoms with Gasteiger partial charge in [0.25, 0.3) is 0 Å². The number of imidazole rings is 1. The molecular weight excluding hydrogens is 250 g/mol. The van der Waals surface area contributed by atoms with Crippen LogP contribution in [0.1, 0.15) is 31.2 Å². The van der Waals surface area contributed by atoms with Crippen LogP contribution in [0.25, 0.3) is 0 Å². The maximum Gasteiger partial charge on any atom is 0.122 e. The zero-order valence-electron chi connectivity index (χ0n) is 12.4. The third-order valence-corrected chi connectivity index (χ3v) is 4.15. The lowest BCUT2D eigenvalue weighted by molar-refractivity contribution is 0.211. The number of aromatic nitrogens is 4. The van der Waals surface area contributed by atoms with Gasteiger partial charge in [-0.05, 0) is 38.8 Å². The molecule has 0 radical (unpaired) electrons. The second-order valence-corrected chi connectivity index (χ2v) is 5.64. The fourth-order valence-corrected chi connectivity index (χ4v) is 3.05. The third-order valence-electron chi connectivity index (χ3n) is 4.15. The Labute approximate surface area is 120 Å². The zero-order valence-corrected chi connectivity index (χ0v) is 12.4. The van der Waals surface area contributed by atoms with Crippen LogP contribution in [-0.4, -0.2) is 36.8 Å². The lowest BCUT2D eigenvalue weighted by Crippen LogP contribution is -2.33. The summed E-state index contributed by atoms with van der Waals surface area (Å²) in [5, 5.41) is 4.41. The highest BCUT2D eigenvalue weighted by Gasteiger charge is 2.26.